The van der Waals surface area contributed by atoms with Crippen molar-refractivity contribution in [3.05, 3.63) is 69.7 Å². The van der Waals surface area contributed by atoms with Crippen LogP contribution in [0.4, 0.5) is 0 Å². The number of nitrogens with zero attached hydrogens (tertiary/aromatic N) is 1. The second-order valence-electron chi connectivity index (χ2n) is 7.63. The van der Waals surface area contributed by atoms with Crippen LogP contribution in [0.2, 0.25) is 10.0 Å². The van der Waals surface area contributed by atoms with Gasteiger partial charge in [-0.15, -0.1) is 0 Å². The Kier molecular flexibility index (Phi) is 6.46. The fraction of sp³-hybridized carbons (Fsp3) is 0.318. The van der Waals surface area contributed by atoms with Crippen molar-refractivity contribution in [1.29, 1.82) is 0 Å². The number of fused-ring (bicyclic) bond motifs is 1. The molecule has 2 aliphatic heterocycles. The summed E-state index contributed by atoms with van der Waals surface area (Å²) in [5, 5.41) is 6.32. The molecule has 0 bridgehead atoms. The number of hydrogen-bond acceptors (Lipinski definition) is 4. The summed E-state index contributed by atoms with van der Waals surface area (Å²) in [6.45, 7) is 0.692. The minimum atomic E-state index is -0.742. The maximum absolute atomic E-state index is 12.9. The van der Waals surface area contributed by atoms with Crippen molar-refractivity contribution < 1.29 is 19.1 Å². The van der Waals surface area contributed by atoms with Crippen molar-refractivity contribution in [3.63, 3.8) is 0 Å². The Labute approximate surface area is 189 Å². The summed E-state index contributed by atoms with van der Waals surface area (Å²) < 4.78 is 5.64. The first-order valence-electron chi connectivity index (χ1n) is 9.90. The molecule has 4 rings (SSSR count). The quantitative estimate of drug-likeness (QED) is 0.691. The third kappa shape index (κ3) is 5.01. The number of carbonyl (C=O) groups is 3. The van der Waals surface area contributed by atoms with E-state index in [1.807, 2.05) is 30.3 Å². The molecule has 2 aromatic rings. The first kappa shape index (κ1) is 21.6. The molecule has 0 radical (unpaired) electrons. The zero-order valence-electron chi connectivity index (χ0n) is 16.5. The van der Waals surface area contributed by atoms with Crippen molar-refractivity contribution in [2.75, 3.05) is 13.2 Å². The molecular formula is C22H21Cl2N3O4. The molecule has 0 aromatic heterocycles. The molecule has 2 aliphatic rings. The van der Waals surface area contributed by atoms with E-state index in [4.69, 9.17) is 27.9 Å². The molecule has 2 fully saturated rings. The molecule has 3 atom stereocenters. The Bertz CT molecular complexity index is 981. The van der Waals surface area contributed by atoms with Crippen molar-refractivity contribution in [3.8, 4) is 0 Å². The first-order valence-corrected chi connectivity index (χ1v) is 10.7. The lowest BCUT2D eigenvalue weighted by Gasteiger charge is -2.34. The number of piperazine rings is 1. The second kappa shape index (κ2) is 9.26. The first-order chi connectivity index (χ1) is 14.9. The van der Waals surface area contributed by atoms with Gasteiger partial charge in [0, 0.05) is 28.2 Å². The summed E-state index contributed by atoms with van der Waals surface area (Å²) in [5.74, 6) is -0.805. The Hall–Kier alpha value is -2.61. The van der Waals surface area contributed by atoms with Crippen molar-refractivity contribution in [2.24, 2.45) is 0 Å². The normalized spacial score (nSPS) is 22.8. The molecule has 2 N–H and O–H groups in total. The van der Waals surface area contributed by atoms with Gasteiger partial charge in [-0.1, -0.05) is 53.5 Å². The molecule has 31 heavy (non-hydrogen) atoms. The summed E-state index contributed by atoms with van der Waals surface area (Å²) in [5.41, 5.74) is 1.31. The smallest absolute Gasteiger partial charge is 0.251 e. The van der Waals surface area contributed by atoms with Crippen LogP contribution in [0.15, 0.2) is 48.5 Å². The molecular weight excluding hydrogens is 441 g/mol. The summed E-state index contributed by atoms with van der Waals surface area (Å²) in [7, 11) is 0. The molecule has 0 unspecified atom stereocenters. The fourth-order valence-electron chi connectivity index (χ4n) is 3.90. The van der Waals surface area contributed by atoms with Crippen molar-refractivity contribution in [1.82, 2.24) is 15.5 Å². The van der Waals surface area contributed by atoms with E-state index in [9.17, 15) is 14.4 Å². The Morgan fingerprint density at radius 1 is 1.13 bits per heavy atom. The van der Waals surface area contributed by atoms with Gasteiger partial charge in [0.1, 0.15) is 12.1 Å². The second-order valence-corrected chi connectivity index (χ2v) is 8.51. The van der Waals surface area contributed by atoms with E-state index < -0.39 is 12.1 Å². The van der Waals surface area contributed by atoms with E-state index in [0.29, 0.717) is 28.6 Å². The van der Waals surface area contributed by atoms with Gasteiger partial charge in [0.05, 0.1) is 13.2 Å². The summed E-state index contributed by atoms with van der Waals surface area (Å²) in [6.07, 6.45) is 0.342. The highest BCUT2D eigenvalue weighted by Crippen LogP contribution is 2.24. The largest absolute Gasteiger partial charge is 0.374 e. The van der Waals surface area contributed by atoms with Gasteiger partial charge in [-0.3, -0.25) is 14.4 Å². The lowest BCUT2D eigenvalue weighted by molar-refractivity contribution is -0.148. The number of amides is 3. The molecule has 9 heteroatoms. The number of benzene rings is 2. The molecule has 0 spiro atoms. The van der Waals surface area contributed by atoms with Crippen LogP contribution in [0.5, 0.6) is 0 Å². The van der Waals surface area contributed by atoms with Crippen LogP contribution in [0.3, 0.4) is 0 Å². The lowest BCUT2D eigenvalue weighted by atomic mass is 10.1. The summed E-state index contributed by atoms with van der Waals surface area (Å²) in [4.78, 5) is 39.5. The number of ether oxygens (including phenoxy) is 1. The average molecular weight is 462 g/mol. The topological polar surface area (TPSA) is 87.7 Å². The molecule has 0 aliphatic carbocycles. The molecule has 2 heterocycles. The van der Waals surface area contributed by atoms with Crippen LogP contribution in [-0.4, -0.2) is 53.9 Å². The highest BCUT2D eigenvalue weighted by molar-refractivity contribution is 6.35. The Morgan fingerprint density at radius 2 is 1.84 bits per heavy atom. The van der Waals surface area contributed by atoms with Gasteiger partial charge in [-0.05, 0) is 30.2 Å². The van der Waals surface area contributed by atoms with E-state index in [0.717, 1.165) is 5.56 Å². The molecule has 7 nitrogen and oxygen atoms in total. The van der Waals surface area contributed by atoms with Crippen LogP contribution in [0, 0.1) is 0 Å². The van der Waals surface area contributed by atoms with Gasteiger partial charge in [-0.25, -0.2) is 0 Å². The Morgan fingerprint density at radius 3 is 2.55 bits per heavy atom. The number of hydrogen-bond donors (Lipinski definition) is 2. The third-order valence-corrected chi connectivity index (χ3v) is 5.79. The number of carbonyl (C=O) groups excluding carboxylic acids is 3. The highest BCUT2D eigenvalue weighted by Gasteiger charge is 2.46. The van der Waals surface area contributed by atoms with Gasteiger partial charge >= 0.3 is 0 Å². The number of rotatable bonds is 6. The van der Waals surface area contributed by atoms with E-state index >= 15 is 0 Å². The summed E-state index contributed by atoms with van der Waals surface area (Å²) >= 11 is 11.9. The molecule has 162 valence electrons. The summed E-state index contributed by atoms with van der Waals surface area (Å²) in [6, 6.07) is 12.5. The zero-order chi connectivity index (χ0) is 22.0. The predicted octanol–water partition coefficient (Wildman–Crippen LogP) is 2.41. The van der Waals surface area contributed by atoms with E-state index in [2.05, 4.69) is 10.6 Å². The van der Waals surface area contributed by atoms with Crippen molar-refractivity contribution in [2.45, 2.75) is 31.2 Å². The van der Waals surface area contributed by atoms with Gasteiger partial charge in [0.25, 0.3) is 5.91 Å². The maximum atomic E-state index is 12.9. The van der Waals surface area contributed by atoms with E-state index in [1.54, 1.807) is 6.07 Å². The SMILES string of the molecule is O=C(N[C@H]1C[C@H]2C(=O)N[C@@H](COCc3ccccc3)C(=O)N2C1)c1cc(Cl)cc(Cl)c1. The zero-order valence-corrected chi connectivity index (χ0v) is 18.0. The highest BCUT2D eigenvalue weighted by atomic mass is 35.5. The number of halogens is 2. The minimum absolute atomic E-state index is 0.0841. The fourth-order valence-corrected chi connectivity index (χ4v) is 4.42. The monoisotopic (exact) mass is 461 g/mol. The van der Waals surface area contributed by atoms with Crippen LogP contribution in [0.25, 0.3) is 0 Å². The number of nitrogens with one attached hydrogen (secondary N) is 2. The van der Waals surface area contributed by atoms with Crippen LogP contribution in [-0.2, 0) is 20.9 Å². The van der Waals surface area contributed by atoms with Gasteiger partial charge in [-0.2, -0.15) is 0 Å². The van der Waals surface area contributed by atoms with Gasteiger partial charge in [0.2, 0.25) is 11.8 Å². The standard InChI is InChI=1S/C22H21Cl2N3O4/c23-15-6-14(7-16(24)8-15)20(28)25-17-9-19-21(29)26-18(22(30)27(19)10-17)12-31-11-13-4-2-1-3-5-13/h1-8,17-19H,9-12H2,(H,25,28)(H,26,29)/t17-,18-,19-/m0/s1. The lowest BCUT2D eigenvalue weighted by Crippen LogP contribution is -2.62. The van der Waals surface area contributed by atoms with Crippen molar-refractivity contribution >= 4 is 40.9 Å². The molecule has 0 saturated carbocycles. The van der Waals surface area contributed by atoms with Crippen LogP contribution in [0.1, 0.15) is 22.3 Å². The predicted molar refractivity (Wildman–Crippen MR) is 116 cm³/mol. The van der Waals surface area contributed by atoms with Crippen LogP contribution >= 0.6 is 23.2 Å². The maximum Gasteiger partial charge on any atom is 0.251 e. The molecule has 3 amide bonds. The van der Waals surface area contributed by atoms with Crippen LogP contribution < -0.4 is 10.6 Å². The molecule has 2 aromatic carbocycles. The average Bonchev–Trinajstić information content (AvgIpc) is 3.16. The molecule has 2 saturated heterocycles. The van der Waals surface area contributed by atoms with Gasteiger partial charge < -0.3 is 20.3 Å². The Balaban J connectivity index is 1.35. The third-order valence-electron chi connectivity index (χ3n) is 5.36. The minimum Gasteiger partial charge on any atom is -0.374 e. The van der Waals surface area contributed by atoms with E-state index in [-0.39, 0.29) is 36.9 Å². The van der Waals surface area contributed by atoms with E-state index in [1.165, 1.54) is 17.0 Å². The van der Waals surface area contributed by atoms with Gasteiger partial charge in [0.15, 0.2) is 0 Å².